The summed E-state index contributed by atoms with van der Waals surface area (Å²) in [7, 11) is 0. The Morgan fingerprint density at radius 3 is 2.17 bits per heavy atom. The third-order valence-corrected chi connectivity index (χ3v) is 1.63. The second-order valence-electron chi connectivity index (χ2n) is 3.04. The Labute approximate surface area is 71.8 Å². The van der Waals surface area contributed by atoms with Gasteiger partial charge in [-0.15, -0.1) is 0 Å². The minimum Gasteiger partial charge on any atom is -0.550 e. The van der Waals surface area contributed by atoms with E-state index in [1.807, 2.05) is 32.0 Å². The van der Waals surface area contributed by atoms with Crippen molar-refractivity contribution in [1.82, 2.24) is 0 Å². The maximum atomic E-state index is 10.3. The lowest BCUT2D eigenvalue weighted by atomic mass is 10.1. The fourth-order valence-corrected chi connectivity index (χ4v) is 1.34. The normalized spacial score (nSPS) is 9.83. The molecule has 2 nitrogen and oxygen atoms in total. The molecule has 12 heavy (non-hydrogen) atoms. The number of carbonyl (C=O) groups is 1. The van der Waals surface area contributed by atoms with Crippen molar-refractivity contribution in [2.75, 3.05) is 0 Å². The standard InChI is InChI=1S/C10H12O2/c1-7-3-8(2)5-9(4-7)6-10(11)12/h3-5H,6H2,1-2H3,(H,11,12)/p-1. The number of carboxylic acid groups (broad SMARTS) is 1. The van der Waals surface area contributed by atoms with Gasteiger partial charge in [0.2, 0.25) is 0 Å². The Morgan fingerprint density at radius 2 is 1.75 bits per heavy atom. The Morgan fingerprint density at radius 1 is 1.25 bits per heavy atom. The molecule has 0 aromatic heterocycles. The van der Waals surface area contributed by atoms with Crippen molar-refractivity contribution in [3.05, 3.63) is 34.9 Å². The van der Waals surface area contributed by atoms with Crippen LogP contribution in [0, 0.1) is 13.8 Å². The Hall–Kier alpha value is -1.31. The first kappa shape index (κ1) is 8.78. The molecule has 0 amide bonds. The Balaban J connectivity index is 2.93. The number of aryl methyl sites for hydroxylation is 2. The third-order valence-electron chi connectivity index (χ3n) is 1.63. The summed E-state index contributed by atoms with van der Waals surface area (Å²) in [5.41, 5.74) is 2.99. The van der Waals surface area contributed by atoms with E-state index in [-0.39, 0.29) is 6.42 Å². The maximum Gasteiger partial charge on any atom is 0.0458 e. The highest BCUT2D eigenvalue weighted by molar-refractivity contribution is 5.68. The lowest BCUT2D eigenvalue weighted by Crippen LogP contribution is -2.24. The fraction of sp³-hybridized carbons (Fsp3) is 0.300. The van der Waals surface area contributed by atoms with Gasteiger partial charge in [-0.1, -0.05) is 29.3 Å². The Bertz CT molecular complexity index is 282. The first-order chi connectivity index (χ1) is 5.58. The van der Waals surface area contributed by atoms with Gasteiger partial charge in [-0.3, -0.25) is 0 Å². The first-order valence-corrected chi connectivity index (χ1v) is 3.85. The molecule has 1 rings (SSSR count). The monoisotopic (exact) mass is 163 g/mol. The van der Waals surface area contributed by atoms with Crippen LogP contribution in [0.25, 0.3) is 0 Å². The summed E-state index contributed by atoms with van der Waals surface area (Å²) in [6, 6.07) is 5.74. The molecule has 0 atom stereocenters. The summed E-state index contributed by atoms with van der Waals surface area (Å²) in [4.78, 5) is 10.3. The van der Waals surface area contributed by atoms with Gasteiger partial charge in [0.25, 0.3) is 0 Å². The van der Waals surface area contributed by atoms with Crippen LogP contribution in [0.3, 0.4) is 0 Å². The molecule has 1 aromatic carbocycles. The SMILES string of the molecule is Cc1cc(C)cc(CC(=O)[O-])c1. The lowest BCUT2D eigenvalue weighted by molar-refractivity contribution is -0.304. The smallest absolute Gasteiger partial charge is 0.0458 e. The highest BCUT2D eigenvalue weighted by atomic mass is 16.4. The Kier molecular flexibility index (Phi) is 2.48. The van der Waals surface area contributed by atoms with E-state index in [0.717, 1.165) is 16.7 Å². The predicted molar refractivity (Wildman–Crippen MR) is 44.6 cm³/mol. The predicted octanol–water partition coefficient (Wildman–Crippen LogP) is 0.596. The van der Waals surface area contributed by atoms with E-state index in [9.17, 15) is 9.90 Å². The van der Waals surface area contributed by atoms with Gasteiger partial charge in [0.05, 0.1) is 0 Å². The molecule has 0 bridgehead atoms. The maximum absolute atomic E-state index is 10.3. The van der Waals surface area contributed by atoms with E-state index in [4.69, 9.17) is 0 Å². The molecule has 0 heterocycles. The number of rotatable bonds is 2. The highest BCUT2D eigenvalue weighted by Gasteiger charge is 1.95. The summed E-state index contributed by atoms with van der Waals surface area (Å²) < 4.78 is 0. The van der Waals surface area contributed by atoms with Crippen LogP contribution >= 0.6 is 0 Å². The number of hydrogen-bond donors (Lipinski definition) is 0. The summed E-state index contributed by atoms with van der Waals surface area (Å²) in [5, 5.41) is 10.3. The molecule has 0 unspecified atom stereocenters. The second kappa shape index (κ2) is 3.39. The minimum atomic E-state index is -1.03. The van der Waals surface area contributed by atoms with Gasteiger partial charge >= 0.3 is 0 Å². The molecule has 0 saturated carbocycles. The van der Waals surface area contributed by atoms with Crippen molar-refractivity contribution < 1.29 is 9.90 Å². The van der Waals surface area contributed by atoms with Crippen LogP contribution in [0.2, 0.25) is 0 Å². The van der Waals surface area contributed by atoms with Gasteiger partial charge in [-0.05, 0) is 19.4 Å². The zero-order chi connectivity index (χ0) is 9.14. The quantitative estimate of drug-likeness (QED) is 0.640. The van der Waals surface area contributed by atoms with Crippen molar-refractivity contribution in [3.63, 3.8) is 0 Å². The van der Waals surface area contributed by atoms with Crippen LogP contribution in [-0.4, -0.2) is 5.97 Å². The fourth-order valence-electron chi connectivity index (χ4n) is 1.34. The molecule has 0 saturated heterocycles. The van der Waals surface area contributed by atoms with Crippen molar-refractivity contribution in [3.8, 4) is 0 Å². The van der Waals surface area contributed by atoms with E-state index in [1.54, 1.807) is 0 Å². The second-order valence-corrected chi connectivity index (χ2v) is 3.04. The van der Waals surface area contributed by atoms with Gasteiger partial charge in [0.15, 0.2) is 0 Å². The van der Waals surface area contributed by atoms with E-state index in [2.05, 4.69) is 0 Å². The van der Waals surface area contributed by atoms with E-state index in [1.165, 1.54) is 0 Å². The van der Waals surface area contributed by atoms with E-state index < -0.39 is 5.97 Å². The van der Waals surface area contributed by atoms with Gasteiger partial charge in [-0.25, -0.2) is 0 Å². The van der Waals surface area contributed by atoms with Gasteiger partial charge in [0.1, 0.15) is 0 Å². The van der Waals surface area contributed by atoms with Crippen molar-refractivity contribution >= 4 is 5.97 Å². The average molecular weight is 163 g/mol. The summed E-state index contributed by atoms with van der Waals surface area (Å²) in [5.74, 6) is -1.03. The van der Waals surface area contributed by atoms with Crippen LogP contribution in [0.15, 0.2) is 18.2 Å². The molecule has 0 spiro atoms. The molecule has 1 aromatic rings. The largest absolute Gasteiger partial charge is 0.550 e. The first-order valence-electron chi connectivity index (χ1n) is 3.85. The van der Waals surface area contributed by atoms with Crippen LogP contribution < -0.4 is 5.11 Å². The van der Waals surface area contributed by atoms with Crippen LogP contribution in [0.1, 0.15) is 16.7 Å². The summed E-state index contributed by atoms with van der Waals surface area (Å²) in [6.07, 6.45) is 0.00250. The van der Waals surface area contributed by atoms with Gasteiger partial charge in [0, 0.05) is 12.4 Å². The molecule has 0 aliphatic rings. The molecule has 0 aliphatic carbocycles. The average Bonchev–Trinajstić information content (AvgIpc) is 1.81. The van der Waals surface area contributed by atoms with Crippen molar-refractivity contribution in [2.45, 2.75) is 20.3 Å². The van der Waals surface area contributed by atoms with Gasteiger partial charge < -0.3 is 9.90 Å². The van der Waals surface area contributed by atoms with Gasteiger partial charge in [-0.2, -0.15) is 0 Å². The molecule has 0 fully saturated rings. The molecule has 0 aliphatic heterocycles. The lowest BCUT2D eigenvalue weighted by Gasteiger charge is -2.04. The molecular weight excluding hydrogens is 152 g/mol. The number of benzene rings is 1. The van der Waals surface area contributed by atoms with Crippen LogP contribution in [-0.2, 0) is 11.2 Å². The number of carbonyl (C=O) groups excluding carboxylic acids is 1. The van der Waals surface area contributed by atoms with E-state index >= 15 is 0 Å². The zero-order valence-electron chi connectivity index (χ0n) is 7.26. The number of hydrogen-bond acceptors (Lipinski definition) is 2. The summed E-state index contributed by atoms with van der Waals surface area (Å²) >= 11 is 0. The molecular formula is C10H11O2-. The molecule has 64 valence electrons. The van der Waals surface area contributed by atoms with Crippen LogP contribution in [0.4, 0.5) is 0 Å². The highest BCUT2D eigenvalue weighted by Crippen LogP contribution is 2.08. The molecule has 0 radical (unpaired) electrons. The van der Waals surface area contributed by atoms with E-state index in [0.29, 0.717) is 0 Å². The van der Waals surface area contributed by atoms with Crippen molar-refractivity contribution in [1.29, 1.82) is 0 Å². The number of carboxylic acids is 1. The third kappa shape index (κ3) is 2.38. The van der Waals surface area contributed by atoms with Crippen molar-refractivity contribution in [2.24, 2.45) is 0 Å². The topological polar surface area (TPSA) is 40.1 Å². The minimum absolute atomic E-state index is 0.00250. The number of aliphatic carboxylic acids is 1. The molecule has 2 heteroatoms. The van der Waals surface area contributed by atoms with Crippen LogP contribution in [0.5, 0.6) is 0 Å². The summed E-state index contributed by atoms with van der Waals surface area (Å²) in [6.45, 7) is 3.90. The molecule has 0 N–H and O–H groups in total. The zero-order valence-corrected chi connectivity index (χ0v) is 7.26.